The Bertz CT molecular complexity index is 691. The minimum absolute atomic E-state index is 0.662. The molecule has 0 spiro atoms. The van der Waals surface area contributed by atoms with Gasteiger partial charge in [-0.1, -0.05) is 80.8 Å². The zero-order valence-electron chi connectivity index (χ0n) is 18.8. The van der Waals surface area contributed by atoms with Crippen molar-refractivity contribution in [2.24, 2.45) is 0 Å². The van der Waals surface area contributed by atoms with E-state index in [1.54, 1.807) is 0 Å². The van der Waals surface area contributed by atoms with Gasteiger partial charge in [-0.3, -0.25) is 4.52 Å². The van der Waals surface area contributed by atoms with Gasteiger partial charge >= 0.3 is 8.60 Å². The molecule has 0 fully saturated rings. The van der Waals surface area contributed by atoms with Crippen molar-refractivity contribution >= 4 is 8.60 Å². The molecule has 0 unspecified atom stereocenters. The number of hydrogen-bond acceptors (Lipinski definition) is 3. The first-order valence-electron chi connectivity index (χ1n) is 10.9. The lowest BCUT2D eigenvalue weighted by Crippen LogP contribution is -2.03. The van der Waals surface area contributed by atoms with E-state index in [-0.39, 0.29) is 0 Å². The lowest BCUT2D eigenvalue weighted by molar-refractivity contribution is 0.257. The van der Waals surface area contributed by atoms with Crippen LogP contribution in [-0.2, 0) is 4.52 Å². The highest BCUT2D eigenvalue weighted by atomic mass is 31.2. The number of aryl methyl sites for hydroxylation is 4. The molecule has 0 heterocycles. The molecule has 0 radical (unpaired) electrons. The van der Waals surface area contributed by atoms with Crippen LogP contribution in [0.5, 0.6) is 11.5 Å². The van der Waals surface area contributed by atoms with E-state index in [0.29, 0.717) is 6.61 Å². The van der Waals surface area contributed by atoms with Crippen LogP contribution in [0.4, 0.5) is 0 Å². The molecule has 0 N–H and O–H groups in total. The second-order valence-corrected chi connectivity index (χ2v) is 8.97. The third kappa shape index (κ3) is 8.76. The van der Waals surface area contributed by atoms with Gasteiger partial charge in [0.05, 0.1) is 6.61 Å². The average Bonchev–Trinajstić information content (AvgIpc) is 2.68. The SMILES string of the molecule is CCCCCCCCCOP(Oc1ccc(C)cc1C)Oc1ccc(C)cc1C. The van der Waals surface area contributed by atoms with E-state index in [4.69, 9.17) is 13.6 Å². The van der Waals surface area contributed by atoms with E-state index in [1.165, 1.54) is 49.7 Å². The molecule has 0 saturated heterocycles. The second-order valence-electron chi connectivity index (χ2n) is 7.90. The standard InChI is InChI=1S/C25H37O3P/c1-6-7-8-9-10-11-12-17-26-29(27-24-15-13-20(2)18-22(24)4)28-25-16-14-21(3)19-23(25)5/h13-16,18-19H,6-12,17H2,1-5H3. The zero-order chi connectivity index (χ0) is 21.1. The van der Waals surface area contributed by atoms with E-state index < -0.39 is 8.60 Å². The monoisotopic (exact) mass is 416 g/mol. The van der Waals surface area contributed by atoms with E-state index in [9.17, 15) is 0 Å². The number of rotatable bonds is 13. The molecule has 0 aromatic heterocycles. The smallest absolute Gasteiger partial charge is 0.417 e. The van der Waals surface area contributed by atoms with E-state index >= 15 is 0 Å². The molecule has 2 aromatic rings. The van der Waals surface area contributed by atoms with Gasteiger partial charge in [0, 0.05) is 0 Å². The molecule has 0 saturated carbocycles. The van der Waals surface area contributed by atoms with Crippen LogP contribution < -0.4 is 9.05 Å². The van der Waals surface area contributed by atoms with Crippen LogP contribution in [0.25, 0.3) is 0 Å². The highest BCUT2D eigenvalue weighted by molar-refractivity contribution is 7.42. The van der Waals surface area contributed by atoms with Gasteiger partial charge in [-0.05, 0) is 57.4 Å². The predicted molar refractivity (Wildman–Crippen MR) is 124 cm³/mol. The Morgan fingerprint density at radius 1 is 0.655 bits per heavy atom. The largest absolute Gasteiger partial charge is 0.463 e. The fourth-order valence-electron chi connectivity index (χ4n) is 3.23. The maximum atomic E-state index is 6.17. The van der Waals surface area contributed by atoms with Gasteiger partial charge in [0.15, 0.2) is 0 Å². The Labute approximate surface area is 178 Å². The first-order valence-corrected chi connectivity index (χ1v) is 12.0. The van der Waals surface area contributed by atoms with Gasteiger partial charge in [-0.25, -0.2) is 0 Å². The summed E-state index contributed by atoms with van der Waals surface area (Å²) in [7, 11) is -1.50. The molecule has 0 aliphatic heterocycles. The van der Waals surface area contributed by atoms with Crippen molar-refractivity contribution in [1.82, 2.24) is 0 Å². The first kappa shape index (κ1) is 23.7. The Morgan fingerprint density at radius 3 is 1.62 bits per heavy atom. The molecular formula is C25H37O3P. The van der Waals surface area contributed by atoms with Crippen LogP contribution in [0.2, 0.25) is 0 Å². The van der Waals surface area contributed by atoms with Gasteiger partial charge in [-0.15, -0.1) is 0 Å². The Morgan fingerprint density at radius 2 is 1.14 bits per heavy atom. The minimum Gasteiger partial charge on any atom is -0.417 e. The lowest BCUT2D eigenvalue weighted by Gasteiger charge is -2.20. The van der Waals surface area contributed by atoms with Gasteiger partial charge in [0.1, 0.15) is 11.5 Å². The van der Waals surface area contributed by atoms with Crippen LogP contribution in [0.15, 0.2) is 36.4 Å². The number of unbranched alkanes of at least 4 members (excludes halogenated alkanes) is 6. The third-order valence-corrected chi connectivity index (χ3v) is 6.04. The van der Waals surface area contributed by atoms with Crippen LogP contribution in [-0.4, -0.2) is 6.61 Å². The molecule has 29 heavy (non-hydrogen) atoms. The molecule has 2 rings (SSSR count). The average molecular weight is 417 g/mol. The van der Waals surface area contributed by atoms with Gasteiger partial charge in [0.25, 0.3) is 0 Å². The molecule has 0 atom stereocenters. The molecule has 160 valence electrons. The summed E-state index contributed by atoms with van der Waals surface area (Å²) in [6.45, 7) is 11.2. The summed E-state index contributed by atoms with van der Waals surface area (Å²) in [6.07, 6.45) is 8.80. The quantitative estimate of drug-likeness (QED) is 0.242. The van der Waals surface area contributed by atoms with Crippen molar-refractivity contribution < 1.29 is 13.6 Å². The first-order chi connectivity index (χ1) is 14.0. The number of benzene rings is 2. The maximum absolute atomic E-state index is 6.17. The second kappa shape index (κ2) is 12.9. The molecule has 0 aliphatic rings. The highest BCUT2D eigenvalue weighted by Gasteiger charge is 2.19. The van der Waals surface area contributed by atoms with Gasteiger partial charge < -0.3 is 9.05 Å². The highest BCUT2D eigenvalue weighted by Crippen LogP contribution is 2.43. The fourth-order valence-corrected chi connectivity index (χ4v) is 4.39. The topological polar surface area (TPSA) is 27.7 Å². The van der Waals surface area contributed by atoms with Crippen LogP contribution in [0.1, 0.15) is 74.1 Å². The van der Waals surface area contributed by atoms with Crippen molar-refractivity contribution in [3.8, 4) is 11.5 Å². The summed E-state index contributed by atoms with van der Waals surface area (Å²) in [5.74, 6) is 1.65. The van der Waals surface area contributed by atoms with Crippen molar-refractivity contribution in [3.05, 3.63) is 58.7 Å². The summed E-state index contributed by atoms with van der Waals surface area (Å²) in [5.41, 5.74) is 4.64. The van der Waals surface area contributed by atoms with Crippen LogP contribution >= 0.6 is 8.60 Å². The molecule has 0 bridgehead atoms. The zero-order valence-corrected chi connectivity index (χ0v) is 19.7. The Hall–Kier alpha value is -1.57. The Balaban J connectivity index is 1.93. The summed E-state index contributed by atoms with van der Waals surface area (Å²) in [4.78, 5) is 0. The van der Waals surface area contributed by atoms with Gasteiger partial charge in [-0.2, -0.15) is 0 Å². The minimum atomic E-state index is -1.50. The van der Waals surface area contributed by atoms with E-state index in [1.807, 2.05) is 12.1 Å². The molecule has 2 aromatic carbocycles. The molecular weight excluding hydrogens is 379 g/mol. The normalized spacial score (nSPS) is 11.1. The van der Waals surface area contributed by atoms with Gasteiger partial charge in [0.2, 0.25) is 0 Å². The van der Waals surface area contributed by atoms with Crippen molar-refractivity contribution in [1.29, 1.82) is 0 Å². The summed E-state index contributed by atoms with van der Waals surface area (Å²) >= 11 is 0. The predicted octanol–water partition coefficient (Wildman–Crippen LogP) is 8.37. The summed E-state index contributed by atoms with van der Waals surface area (Å²) in [6, 6.07) is 12.4. The van der Waals surface area contributed by atoms with E-state index in [0.717, 1.165) is 29.0 Å². The van der Waals surface area contributed by atoms with Crippen molar-refractivity contribution in [3.63, 3.8) is 0 Å². The van der Waals surface area contributed by atoms with Crippen LogP contribution in [0, 0.1) is 27.7 Å². The number of hydrogen-bond donors (Lipinski definition) is 0. The lowest BCUT2D eigenvalue weighted by atomic mass is 10.1. The maximum Gasteiger partial charge on any atom is 0.463 e. The molecule has 4 heteroatoms. The summed E-state index contributed by atoms with van der Waals surface area (Å²) < 4.78 is 18.4. The molecule has 0 amide bonds. The molecule has 3 nitrogen and oxygen atoms in total. The van der Waals surface area contributed by atoms with Crippen LogP contribution in [0.3, 0.4) is 0 Å². The van der Waals surface area contributed by atoms with Crippen molar-refractivity contribution in [2.45, 2.75) is 79.6 Å². The fraction of sp³-hybridized carbons (Fsp3) is 0.520. The Kier molecular flexibility index (Phi) is 10.5. The third-order valence-electron chi connectivity index (χ3n) is 4.95. The summed E-state index contributed by atoms with van der Waals surface area (Å²) in [5, 5.41) is 0. The van der Waals surface area contributed by atoms with Crippen molar-refractivity contribution in [2.75, 3.05) is 6.61 Å². The molecule has 0 aliphatic carbocycles. The van der Waals surface area contributed by atoms with E-state index in [2.05, 4.69) is 58.9 Å².